The Hall–Kier alpha value is -0.160. The quantitative estimate of drug-likeness (QED) is 0.456. The van der Waals surface area contributed by atoms with Crippen molar-refractivity contribution >= 4 is 0 Å². The van der Waals surface area contributed by atoms with Gasteiger partial charge in [0.2, 0.25) is 0 Å². The minimum absolute atomic E-state index is 0.726. The van der Waals surface area contributed by atoms with Crippen LogP contribution in [-0.4, -0.2) is 53.6 Å². The van der Waals surface area contributed by atoms with Gasteiger partial charge in [-0.2, -0.15) is 0 Å². The van der Waals surface area contributed by atoms with E-state index in [2.05, 4.69) is 31.4 Å². The van der Waals surface area contributed by atoms with E-state index in [1.54, 1.807) is 0 Å². The fourth-order valence-electron chi connectivity index (χ4n) is 2.43. The molecule has 0 saturated carbocycles. The maximum absolute atomic E-state index is 5.67. The third kappa shape index (κ3) is 13.2. The number of likely N-dealkylation sites (N-methyl/N-ethyl adjacent to an activating group) is 2. The molecule has 0 aliphatic heterocycles. The van der Waals surface area contributed by atoms with E-state index >= 15 is 0 Å². The average molecular weight is 303 g/mol. The van der Waals surface area contributed by atoms with Gasteiger partial charge >= 0.3 is 0 Å². The first kappa shape index (κ1) is 20.8. The van der Waals surface area contributed by atoms with Gasteiger partial charge in [0.25, 0.3) is 0 Å². The topological polar surface area (TPSA) is 42.5 Å². The molecule has 4 nitrogen and oxygen atoms in total. The predicted molar refractivity (Wildman–Crippen MR) is 90.8 cm³/mol. The summed E-state index contributed by atoms with van der Waals surface area (Å²) >= 11 is 0. The molecule has 2 unspecified atom stereocenters. The van der Waals surface area contributed by atoms with Crippen LogP contribution in [0.4, 0.5) is 0 Å². The van der Waals surface area contributed by atoms with Gasteiger partial charge in [-0.1, -0.05) is 20.8 Å². The smallest absolute Gasteiger partial charge is 0.0590 e. The van der Waals surface area contributed by atoms with Crippen LogP contribution < -0.4 is 10.6 Å². The lowest BCUT2D eigenvalue weighted by atomic mass is 9.84. The van der Waals surface area contributed by atoms with Gasteiger partial charge < -0.3 is 20.1 Å². The molecule has 0 bridgehead atoms. The first-order valence-electron chi connectivity index (χ1n) is 8.56. The molecule has 0 saturated heterocycles. The average Bonchev–Trinajstić information content (AvgIpc) is 2.45. The fourth-order valence-corrected chi connectivity index (χ4v) is 2.43. The van der Waals surface area contributed by atoms with E-state index in [-0.39, 0.29) is 0 Å². The molecule has 0 aliphatic rings. The lowest BCUT2D eigenvalue weighted by Gasteiger charge is -2.24. The van der Waals surface area contributed by atoms with Gasteiger partial charge in [-0.3, -0.25) is 0 Å². The van der Waals surface area contributed by atoms with Crippen LogP contribution in [0.25, 0.3) is 0 Å². The van der Waals surface area contributed by atoms with Crippen molar-refractivity contribution in [2.75, 3.05) is 53.6 Å². The number of ether oxygens (including phenoxy) is 2. The van der Waals surface area contributed by atoms with Crippen molar-refractivity contribution in [3.8, 4) is 0 Å². The molecule has 0 aromatic heterocycles. The third-order valence-corrected chi connectivity index (χ3v) is 4.03. The molecule has 0 amide bonds. The van der Waals surface area contributed by atoms with E-state index in [9.17, 15) is 0 Å². The van der Waals surface area contributed by atoms with Gasteiger partial charge in [-0.15, -0.1) is 0 Å². The summed E-state index contributed by atoms with van der Waals surface area (Å²) in [6.45, 7) is 12.3. The zero-order chi connectivity index (χ0) is 15.9. The number of hydrogen-bond donors (Lipinski definition) is 2. The Morgan fingerprint density at radius 3 is 1.76 bits per heavy atom. The highest BCUT2D eigenvalue weighted by Crippen LogP contribution is 2.25. The van der Waals surface area contributed by atoms with Crippen molar-refractivity contribution in [3.05, 3.63) is 0 Å². The second kappa shape index (κ2) is 14.8. The van der Waals surface area contributed by atoms with E-state index in [4.69, 9.17) is 9.47 Å². The van der Waals surface area contributed by atoms with Gasteiger partial charge in [-0.05, 0) is 51.1 Å². The van der Waals surface area contributed by atoms with Crippen LogP contribution in [0.1, 0.15) is 40.0 Å². The zero-order valence-corrected chi connectivity index (χ0v) is 14.9. The molecular formula is C17H38N2O2. The summed E-state index contributed by atoms with van der Waals surface area (Å²) in [4.78, 5) is 0. The van der Waals surface area contributed by atoms with E-state index in [1.807, 2.05) is 14.1 Å². The highest BCUT2D eigenvalue weighted by atomic mass is 16.5. The monoisotopic (exact) mass is 302 g/mol. The lowest BCUT2D eigenvalue weighted by molar-refractivity contribution is 0.101. The molecule has 0 spiro atoms. The first-order valence-corrected chi connectivity index (χ1v) is 8.56. The van der Waals surface area contributed by atoms with Crippen LogP contribution in [-0.2, 0) is 9.47 Å². The fraction of sp³-hybridized carbons (Fsp3) is 1.00. The highest BCUT2D eigenvalue weighted by molar-refractivity contribution is 4.67. The van der Waals surface area contributed by atoms with Crippen LogP contribution in [0.2, 0.25) is 0 Å². The van der Waals surface area contributed by atoms with Gasteiger partial charge in [-0.25, -0.2) is 0 Å². The first-order chi connectivity index (χ1) is 10.1. The van der Waals surface area contributed by atoms with Gasteiger partial charge in [0.1, 0.15) is 0 Å². The van der Waals surface area contributed by atoms with Crippen molar-refractivity contribution in [1.29, 1.82) is 0 Å². The Balaban J connectivity index is 3.74. The number of hydrogen-bond acceptors (Lipinski definition) is 4. The van der Waals surface area contributed by atoms with Gasteiger partial charge in [0, 0.05) is 26.3 Å². The predicted octanol–water partition coefficient (Wildman–Crippen LogP) is 2.54. The number of nitrogens with one attached hydrogen (secondary N) is 2. The van der Waals surface area contributed by atoms with Crippen molar-refractivity contribution < 1.29 is 9.47 Å². The summed E-state index contributed by atoms with van der Waals surface area (Å²) in [6, 6.07) is 0. The second-order valence-electron chi connectivity index (χ2n) is 6.35. The molecule has 0 radical (unpaired) electrons. The molecule has 0 aromatic carbocycles. The summed E-state index contributed by atoms with van der Waals surface area (Å²) in [5, 5.41) is 6.20. The third-order valence-electron chi connectivity index (χ3n) is 4.03. The van der Waals surface area contributed by atoms with E-state index in [0.29, 0.717) is 0 Å². The van der Waals surface area contributed by atoms with Crippen LogP contribution in [0, 0.1) is 17.8 Å². The number of rotatable bonds is 15. The Morgan fingerprint density at radius 1 is 0.762 bits per heavy atom. The van der Waals surface area contributed by atoms with Crippen LogP contribution in [0.5, 0.6) is 0 Å². The molecule has 128 valence electrons. The maximum Gasteiger partial charge on any atom is 0.0590 e. The highest BCUT2D eigenvalue weighted by Gasteiger charge is 2.16. The standard InChI is InChI=1S/C17H38N2O2/c1-15(2)17(7-11-21-13-9-19-5)14-16(3)6-10-20-12-8-18-4/h15-19H,6-14H2,1-5H3. The minimum Gasteiger partial charge on any atom is -0.380 e. The van der Waals surface area contributed by atoms with E-state index in [1.165, 1.54) is 12.8 Å². The summed E-state index contributed by atoms with van der Waals surface area (Å²) in [6.07, 6.45) is 3.61. The molecule has 0 aromatic rings. The van der Waals surface area contributed by atoms with Crippen molar-refractivity contribution in [1.82, 2.24) is 10.6 Å². The maximum atomic E-state index is 5.67. The molecule has 21 heavy (non-hydrogen) atoms. The van der Waals surface area contributed by atoms with Gasteiger partial charge in [0.05, 0.1) is 13.2 Å². The molecule has 2 N–H and O–H groups in total. The van der Waals surface area contributed by atoms with Crippen molar-refractivity contribution in [3.63, 3.8) is 0 Å². The zero-order valence-electron chi connectivity index (χ0n) is 14.9. The summed E-state index contributed by atoms with van der Waals surface area (Å²) in [5.74, 6) is 2.21. The summed E-state index contributed by atoms with van der Waals surface area (Å²) < 4.78 is 11.3. The Morgan fingerprint density at radius 2 is 1.29 bits per heavy atom. The Bertz CT molecular complexity index is 213. The minimum atomic E-state index is 0.726. The Labute approximate surface area is 132 Å². The molecule has 2 atom stereocenters. The van der Waals surface area contributed by atoms with Gasteiger partial charge in [0.15, 0.2) is 0 Å². The van der Waals surface area contributed by atoms with Crippen LogP contribution in [0.3, 0.4) is 0 Å². The molecule has 0 fully saturated rings. The molecule has 0 aliphatic carbocycles. The van der Waals surface area contributed by atoms with E-state index in [0.717, 1.165) is 63.7 Å². The summed E-state index contributed by atoms with van der Waals surface area (Å²) in [7, 11) is 3.92. The largest absolute Gasteiger partial charge is 0.380 e. The Kier molecular flexibility index (Phi) is 14.7. The normalized spacial score (nSPS) is 14.6. The molecule has 4 heteroatoms. The van der Waals surface area contributed by atoms with Crippen LogP contribution >= 0.6 is 0 Å². The van der Waals surface area contributed by atoms with E-state index < -0.39 is 0 Å². The second-order valence-corrected chi connectivity index (χ2v) is 6.35. The van der Waals surface area contributed by atoms with Crippen LogP contribution in [0.15, 0.2) is 0 Å². The SMILES string of the molecule is CNCCOCCC(C)CC(CCOCCNC)C(C)C. The summed E-state index contributed by atoms with van der Waals surface area (Å²) in [5.41, 5.74) is 0. The van der Waals surface area contributed by atoms with Crippen molar-refractivity contribution in [2.24, 2.45) is 17.8 Å². The molecular weight excluding hydrogens is 264 g/mol. The van der Waals surface area contributed by atoms with Crippen molar-refractivity contribution in [2.45, 2.75) is 40.0 Å². The molecule has 0 heterocycles. The lowest BCUT2D eigenvalue weighted by Crippen LogP contribution is -2.19. The molecule has 0 rings (SSSR count).